The number of hydrogen-bond donors (Lipinski definition) is 1. The molecule has 1 aromatic rings. The number of carbonyl (C=O) groups excluding carboxylic acids is 1. The molecule has 0 aliphatic heterocycles. The smallest absolute Gasteiger partial charge is 0.326 e. The molecule has 2 rings (SSSR count). The van der Waals surface area contributed by atoms with Crippen molar-refractivity contribution in [3.05, 3.63) is 35.1 Å². The third-order valence-corrected chi connectivity index (χ3v) is 3.92. The molecule has 0 heterocycles. The normalized spacial score (nSPS) is 16.4. The zero-order chi connectivity index (χ0) is 15.3. The van der Waals surface area contributed by atoms with Gasteiger partial charge >= 0.3 is 5.97 Å². The van der Waals surface area contributed by atoms with E-state index in [1.54, 1.807) is 19.1 Å². The van der Waals surface area contributed by atoms with Crippen molar-refractivity contribution in [3.8, 4) is 6.07 Å². The molecule has 1 aromatic carbocycles. The van der Waals surface area contributed by atoms with Gasteiger partial charge in [0.25, 0.3) is 0 Å². The lowest BCUT2D eigenvalue weighted by atomic mass is 9.97. The van der Waals surface area contributed by atoms with Gasteiger partial charge in [0, 0.05) is 12.1 Å². The maximum atomic E-state index is 13.9. The van der Waals surface area contributed by atoms with E-state index in [9.17, 15) is 9.18 Å². The van der Waals surface area contributed by atoms with Crippen LogP contribution in [0.15, 0.2) is 18.2 Å². The van der Waals surface area contributed by atoms with Crippen LogP contribution < -0.4 is 5.32 Å². The molecule has 0 atom stereocenters. The summed E-state index contributed by atoms with van der Waals surface area (Å²) in [6.45, 7) is 2.37. The number of hydrogen-bond acceptors (Lipinski definition) is 4. The molecule has 0 amide bonds. The molecule has 0 radical (unpaired) electrons. The van der Waals surface area contributed by atoms with Crippen molar-refractivity contribution in [1.29, 1.82) is 5.26 Å². The van der Waals surface area contributed by atoms with Gasteiger partial charge in [0.1, 0.15) is 11.4 Å². The first-order valence-corrected chi connectivity index (χ1v) is 7.22. The van der Waals surface area contributed by atoms with Crippen molar-refractivity contribution < 1.29 is 13.9 Å². The first kappa shape index (κ1) is 15.5. The van der Waals surface area contributed by atoms with Crippen molar-refractivity contribution in [1.82, 2.24) is 5.32 Å². The first-order valence-electron chi connectivity index (χ1n) is 7.22. The Bertz CT molecular complexity index is 560. The molecule has 0 aromatic heterocycles. The molecule has 21 heavy (non-hydrogen) atoms. The average Bonchev–Trinajstić information content (AvgIpc) is 2.96. The van der Waals surface area contributed by atoms with E-state index in [1.165, 1.54) is 6.07 Å². The standard InChI is InChI=1S/C16H19FN2O2/c1-2-21-15(20)16(7-3-4-8-16)19-11-13-6-5-12(10-18)9-14(13)17/h5-6,9,19H,2-4,7-8,11H2,1H3. The zero-order valence-electron chi connectivity index (χ0n) is 12.1. The van der Waals surface area contributed by atoms with Crippen molar-refractivity contribution in [2.75, 3.05) is 6.61 Å². The number of benzene rings is 1. The summed E-state index contributed by atoms with van der Waals surface area (Å²) in [5.41, 5.74) is 0.0397. The number of esters is 1. The van der Waals surface area contributed by atoms with Crippen LogP contribution in [0.25, 0.3) is 0 Å². The molecule has 1 aliphatic rings. The number of nitrogens with zero attached hydrogens (tertiary/aromatic N) is 1. The monoisotopic (exact) mass is 290 g/mol. The Kier molecular flexibility index (Phi) is 4.92. The minimum atomic E-state index is -0.698. The number of carbonyl (C=O) groups is 1. The highest BCUT2D eigenvalue weighted by Gasteiger charge is 2.42. The molecule has 1 aliphatic carbocycles. The zero-order valence-corrected chi connectivity index (χ0v) is 12.1. The number of nitriles is 1. The summed E-state index contributed by atoms with van der Waals surface area (Å²) in [6, 6.07) is 6.26. The second-order valence-electron chi connectivity index (χ2n) is 5.28. The van der Waals surface area contributed by atoms with Gasteiger partial charge in [-0.3, -0.25) is 10.1 Å². The topological polar surface area (TPSA) is 62.1 Å². The van der Waals surface area contributed by atoms with Gasteiger partial charge in [-0.15, -0.1) is 0 Å². The van der Waals surface area contributed by atoms with Crippen LogP contribution in [0, 0.1) is 17.1 Å². The van der Waals surface area contributed by atoms with Gasteiger partial charge in [0.2, 0.25) is 0 Å². The summed E-state index contributed by atoms with van der Waals surface area (Å²) in [5.74, 6) is -0.685. The van der Waals surface area contributed by atoms with Crippen LogP contribution in [0.1, 0.15) is 43.7 Å². The van der Waals surface area contributed by atoms with Crippen LogP contribution in [0.5, 0.6) is 0 Å². The fraction of sp³-hybridized carbons (Fsp3) is 0.500. The van der Waals surface area contributed by atoms with Crippen LogP contribution in [-0.4, -0.2) is 18.1 Å². The Labute approximate surface area is 123 Å². The van der Waals surface area contributed by atoms with Gasteiger partial charge in [-0.1, -0.05) is 18.9 Å². The molecule has 1 N–H and O–H groups in total. The summed E-state index contributed by atoms with van der Waals surface area (Å²) in [7, 11) is 0. The summed E-state index contributed by atoms with van der Waals surface area (Å²) >= 11 is 0. The lowest BCUT2D eigenvalue weighted by molar-refractivity contribution is -0.151. The summed E-state index contributed by atoms with van der Waals surface area (Å²) in [4.78, 5) is 12.2. The van der Waals surface area contributed by atoms with E-state index in [-0.39, 0.29) is 18.1 Å². The van der Waals surface area contributed by atoms with E-state index >= 15 is 0 Å². The average molecular weight is 290 g/mol. The maximum absolute atomic E-state index is 13.9. The number of nitrogens with one attached hydrogen (secondary N) is 1. The summed E-state index contributed by atoms with van der Waals surface area (Å²) in [6.07, 6.45) is 3.34. The molecule has 1 fully saturated rings. The van der Waals surface area contributed by atoms with Gasteiger partial charge in [-0.25, -0.2) is 4.39 Å². The number of ether oxygens (including phenoxy) is 1. The molecule has 0 bridgehead atoms. The van der Waals surface area contributed by atoms with Gasteiger partial charge < -0.3 is 4.74 Å². The third kappa shape index (κ3) is 3.40. The van der Waals surface area contributed by atoms with Crippen LogP contribution >= 0.6 is 0 Å². The Morgan fingerprint density at radius 1 is 1.48 bits per heavy atom. The largest absolute Gasteiger partial charge is 0.465 e. The quantitative estimate of drug-likeness (QED) is 0.847. The lowest BCUT2D eigenvalue weighted by Crippen LogP contribution is -2.50. The number of halogens is 1. The third-order valence-electron chi connectivity index (χ3n) is 3.92. The van der Waals surface area contributed by atoms with Crippen LogP contribution in [0.2, 0.25) is 0 Å². The van der Waals surface area contributed by atoms with Crippen LogP contribution in [0.3, 0.4) is 0 Å². The van der Waals surface area contributed by atoms with Gasteiger partial charge in [-0.2, -0.15) is 5.26 Å². The maximum Gasteiger partial charge on any atom is 0.326 e. The van der Waals surface area contributed by atoms with Crippen molar-refractivity contribution >= 4 is 5.97 Å². The summed E-state index contributed by atoms with van der Waals surface area (Å²) in [5, 5.41) is 11.9. The van der Waals surface area contributed by atoms with E-state index in [1.807, 2.05) is 6.07 Å². The Morgan fingerprint density at radius 3 is 2.76 bits per heavy atom. The molecule has 4 nitrogen and oxygen atoms in total. The number of rotatable bonds is 5. The minimum absolute atomic E-state index is 0.246. The minimum Gasteiger partial charge on any atom is -0.465 e. The lowest BCUT2D eigenvalue weighted by Gasteiger charge is -2.28. The van der Waals surface area contributed by atoms with E-state index in [0.717, 1.165) is 12.8 Å². The fourth-order valence-electron chi connectivity index (χ4n) is 2.73. The van der Waals surface area contributed by atoms with E-state index < -0.39 is 11.4 Å². The van der Waals surface area contributed by atoms with Crippen molar-refractivity contribution in [3.63, 3.8) is 0 Å². The molecule has 0 saturated heterocycles. The Morgan fingerprint density at radius 2 is 2.19 bits per heavy atom. The molecular weight excluding hydrogens is 271 g/mol. The molecule has 112 valence electrons. The second-order valence-corrected chi connectivity index (χ2v) is 5.28. The first-order chi connectivity index (χ1) is 10.1. The molecule has 5 heteroatoms. The Hall–Kier alpha value is -1.93. The fourth-order valence-corrected chi connectivity index (χ4v) is 2.73. The highest BCUT2D eigenvalue weighted by atomic mass is 19.1. The van der Waals surface area contributed by atoms with E-state index in [4.69, 9.17) is 10.00 Å². The summed E-state index contributed by atoms with van der Waals surface area (Å²) < 4.78 is 19.0. The predicted molar refractivity (Wildman–Crippen MR) is 75.8 cm³/mol. The van der Waals surface area contributed by atoms with E-state index in [2.05, 4.69) is 5.32 Å². The molecular formula is C16H19FN2O2. The van der Waals surface area contributed by atoms with Crippen LogP contribution in [0.4, 0.5) is 4.39 Å². The van der Waals surface area contributed by atoms with Crippen LogP contribution in [-0.2, 0) is 16.1 Å². The molecule has 0 unspecified atom stereocenters. The second kappa shape index (κ2) is 6.68. The van der Waals surface area contributed by atoms with Gasteiger partial charge in [0.15, 0.2) is 0 Å². The SMILES string of the molecule is CCOC(=O)C1(NCc2ccc(C#N)cc2F)CCCC1. The molecule has 0 spiro atoms. The predicted octanol–water partition coefficient (Wildman–Crippen LogP) is 2.66. The van der Waals surface area contributed by atoms with Gasteiger partial charge in [-0.05, 0) is 31.9 Å². The van der Waals surface area contributed by atoms with Crippen molar-refractivity contribution in [2.24, 2.45) is 0 Å². The van der Waals surface area contributed by atoms with E-state index in [0.29, 0.717) is 25.0 Å². The Balaban J connectivity index is 2.09. The molecule has 1 saturated carbocycles. The highest BCUT2D eigenvalue weighted by Crippen LogP contribution is 2.31. The van der Waals surface area contributed by atoms with Gasteiger partial charge in [0.05, 0.1) is 18.2 Å². The highest BCUT2D eigenvalue weighted by molar-refractivity contribution is 5.81. The van der Waals surface area contributed by atoms with Crippen molar-refractivity contribution in [2.45, 2.75) is 44.7 Å².